The van der Waals surface area contributed by atoms with Gasteiger partial charge in [-0.2, -0.15) is 0 Å². The summed E-state index contributed by atoms with van der Waals surface area (Å²) in [4.78, 5) is 0. The first-order valence-corrected chi connectivity index (χ1v) is 13.2. The van der Waals surface area contributed by atoms with Crippen molar-refractivity contribution in [3.05, 3.63) is 101 Å². The minimum atomic E-state index is 0.216. The van der Waals surface area contributed by atoms with E-state index in [2.05, 4.69) is 116 Å². The Kier molecular flexibility index (Phi) is 3.42. The van der Waals surface area contributed by atoms with E-state index >= 15 is 0 Å². The first kappa shape index (κ1) is 19.9. The fourth-order valence-electron chi connectivity index (χ4n) is 7.47. The quantitative estimate of drug-likeness (QED) is 0.231. The Morgan fingerprint density at radius 1 is 0.514 bits per heavy atom. The Morgan fingerprint density at radius 3 is 2.11 bits per heavy atom. The smallest absolute Gasteiger partial charge is 0.252 e. The lowest BCUT2D eigenvalue weighted by atomic mass is 9.34. The number of fused-ring (bicyclic) bond motifs is 11. The van der Waals surface area contributed by atoms with Gasteiger partial charge in [0.1, 0.15) is 0 Å². The molecule has 0 saturated carbocycles. The van der Waals surface area contributed by atoms with E-state index in [4.69, 9.17) is 0 Å². The summed E-state index contributed by atoms with van der Waals surface area (Å²) in [6.45, 7) is 9.10. The van der Waals surface area contributed by atoms with Crippen molar-refractivity contribution in [3.63, 3.8) is 0 Å². The number of hydrogen-bond acceptors (Lipinski definition) is 0. The molecule has 0 spiro atoms. The van der Waals surface area contributed by atoms with Gasteiger partial charge in [0.2, 0.25) is 0 Å². The molecule has 5 aromatic carbocycles. The number of aryl methyl sites for hydroxylation is 4. The van der Waals surface area contributed by atoms with Gasteiger partial charge in [-0.1, -0.05) is 54.1 Å². The minimum Gasteiger partial charge on any atom is -0.310 e. The first-order valence-electron chi connectivity index (χ1n) is 13.2. The third-order valence-electron chi connectivity index (χ3n) is 8.98. The normalized spacial score (nSPS) is 13.4. The van der Waals surface area contributed by atoms with E-state index in [0.29, 0.717) is 0 Å². The monoisotopic (exact) mass is 472 g/mol. The fraction of sp³-hybridized carbons (Fsp3) is 0.118. The molecule has 2 aliphatic heterocycles. The van der Waals surface area contributed by atoms with Gasteiger partial charge in [0.15, 0.2) is 0 Å². The molecule has 2 aliphatic rings. The number of aromatic nitrogens is 2. The van der Waals surface area contributed by atoms with Crippen LogP contribution in [0, 0.1) is 27.7 Å². The highest BCUT2D eigenvalue weighted by atomic mass is 15.0. The van der Waals surface area contributed by atoms with Crippen LogP contribution in [-0.4, -0.2) is 15.8 Å². The van der Waals surface area contributed by atoms with Crippen LogP contribution >= 0.6 is 0 Å². The maximum Gasteiger partial charge on any atom is 0.252 e. The van der Waals surface area contributed by atoms with Crippen molar-refractivity contribution in [2.45, 2.75) is 27.7 Å². The lowest BCUT2D eigenvalue weighted by molar-refractivity contribution is 1.15. The lowest BCUT2D eigenvalue weighted by Gasteiger charge is -2.33. The highest BCUT2D eigenvalue weighted by Gasteiger charge is 2.40. The Morgan fingerprint density at radius 2 is 1.22 bits per heavy atom. The summed E-state index contributed by atoms with van der Waals surface area (Å²) in [5.74, 6) is 0. The van der Waals surface area contributed by atoms with Gasteiger partial charge < -0.3 is 9.13 Å². The fourth-order valence-corrected chi connectivity index (χ4v) is 7.47. The van der Waals surface area contributed by atoms with Crippen molar-refractivity contribution in [3.8, 4) is 11.4 Å². The summed E-state index contributed by atoms with van der Waals surface area (Å²) in [6.07, 6.45) is 0. The molecule has 0 aliphatic carbocycles. The van der Waals surface area contributed by atoms with Crippen molar-refractivity contribution in [2.24, 2.45) is 0 Å². The maximum absolute atomic E-state index is 2.57. The van der Waals surface area contributed by atoms with Crippen molar-refractivity contribution in [1.82, 2.24) is 9.13 Å². The molecule has 0 bridgehead atoms. The Bertz CT molecular complexity index is 2190. The molecule has 2 nitrogen and oxygen atoms in total. The Hall–Kier alpha value is -4.24. The predicted molar refractivity (Wildman–Crippen MR) is 159 cm³/mol. The Labute approximate surface area is 215 Å². The van der Waals surface area contributed by atoms with Gasteiger partial charge in [-0.05, 0) is 91.1 Å². The van der Waals surface area contributed by atoms with E-state index in [9.17, 15) is 0 Å². The summed E-state index contributed by atoms with van der Waals surface area (Å²) >= 11 is 0. The molecule has 174 valence electrons. The van der Waals surface area contributed by atoms with Crippen LogP contribution in [0.25, 0.3) is 55.0 Å². The van der Waals surface area contributed by atoms with Crippen LogP contribution in [0.4, 0.5) is 0 Å². The van der Waals surface area contributed by atoms with Crippen LogP contribution in [0.3, 0.4) is 0 Å². The number of hydrogen-bond donors (Lipinski definition) is 0. The van der Waals surface area contributed by atoms with Crippen LogP contribution in [0.1, 0.15) is 22.3 Å². The van der Waals surface area contributed by atoms with Gasteiger partial charge in [0, 0.05) is 38.4 Å². The number of rotatable bonds is 0. The van der Waals surface area contributed by atoms with Crippen LogP contribution in [-0.2, 0) is 0 Å². The molecule has 0 amide bonds. The van der Waals surface area contributed by atoms with Crippen LogP contribution in [0.5, 0.6) is 0 Å². The highest BCUT2D eigenvalue weighted by Crippen LogP contribution is 2.40. The molecule has 0 unspecified atom stereocenters. The number of nitrogens with zero attached hydrogens (tertiary/aromatic N) is 2. The molecule has 7 aromatic rings. The SMILES string of the molecule is Cc1ccc2c(c1)-n1c3ccc(C)cc3c3ccc4c(c31)B2c1ccc(C)c2c3ccc(C)cc3n-4c12. The van der Waals surface area contributed by atoms with Crippen LogP contribution < -0.4 is 16.4 Å². The van der Waals surface area contributed by atoms with Gasteiger partial charge >= 0.3 is 0 Å². The van der Waals surface area contributed by atoms with Gasteiger partial charge in [-0.3, -0.25) is 0 Å². The standard InChI is InChI=1S/C34H25BN2/c1-18-7-13-27-24(15-18)22-10-14-28-32-33(22)36(27)30-17-20(3)6-11-25(30)35(32)26-12-8-21(4)31-23-9-5-19(2)16-29(23)37(28)34(26)31/h5-17H,1-4H3. The van der Waals surface area contributed by atoms with E-state index in [1.54, 1.807) is 0 Å². The third-order valence-corrected chi connectivity index (χ3v) is 8.98. The van der Waals surface area contributed by atoms with Crippen LogP contribution in [0.15, 0.2) is 78.9 Å². The molecule has 0 saturated heterocycles. The summed E-state index contributed by atoms with van der Waals surface area (Å²) in [5, 5.41) is 5.45. The summed E-state index contributed by atoms with van der Waals surface area (Å²) in [6, 6.07) is 30.5. The summed E-state index contributed by atoms with van der Waals surface area (Å²) in [5.41, 5.74) is 17.5. The molecule has 0 atom stereocenters. The zero-order valence-corrected chi connectivity index (χ0v) is 21.5. The summed E-state index contributed by atoms with van der Waals surface area (Å²) in [7, 11) is 0. The van der Waals surface area contributed by atoms with E-state index in [0.717, 1.165) is 0 Å². The second-order valence-electron chi connectivity index (χ2n) is 11.3. The minimum absolute atomic E-state index is 0.216. The van der Waals surface area contributed by atoms with Gasteiger partial charge in [0.05, 0.1) is 16.6 Å². The second kappa shape index (κ2) is 6.36. The molecule has 2 aromatic heterocycles. The van der Waals surface area contributed by atoms with Crippen molar-refractivity contribution < 1.29 is 0 Å². The van der Waals surface area contributed by atoms with E-state index in [-0.39, 0.29) is 6.71 Å². The molecule has 0 N–H and O–H groups in total. The highest BCUT2D eigenvalue weighted by molar-refractivity contribution is 7.00. The lowest BCUT2D eigenvalue weighted by Crippen LogP contribution is -2.59. The third kappa shape index (κ3) is 2.21. The van der Waals surface area contributed by atoms with Crippen molar-refractivity contribution in [2.75, 3.05) is 0 Å². The average molecular weight is 472 g/mol. The average Bonchev–Trinajstić information content (AvgIpc) is 3.40. The first-order chi connectivity index (χ1) is 18.0. The molecule has 0 radical (unpaired) electrons. The molecule has 4 heterocycles. The zero-order valence-electron chi connectivity index (χ0n) is 21.5. The molecular weight excluding hydrogens is 447 g/mol. The maximum atomic E-state index is 2.57. The summed E-state index contributed by atoms with van der Waals surface area (Å²) < 4.78 is 5.12. The zero-order chi connectivity index (χ0) is 24.7. The molecule has 0 fully saturated rings. The van der Waals surface area contributed by atoms with E-state index < -0.39 is 0 Å². The van der Waals surface area contributed by atoms with E-state index in [1.165, 1.54) is 93.6 Å². The van der Waals surface area contributed by atoms with E-state index in [1.807, 2.05) is 0 Å². The van der Waals surface area contributed by atoms with Crippen molar-refractivity contribution in [1.29, 1.82) is 0 Å². The Balaban J connectivity index is 1.60. The molecular formula is C34H25BN2. The number of benzene rings is 5. The molecule has 37 heavy (non-hydrogen) atoms. The topological polar surface area (TPSA) is 9.86 Å². The largest absolute Gasteiger partial charge is 0.310 e. The molecule has 9 rings (SSSR count). The second-order valence-corrected chi connectivity index (χ2v) is 11.3. The van der Waals surface area contributed by atoms with Gasteiger partial charge in [-0.15, -0.1) is 0 Å². The van der Waals surface area contributed by atoms with Crippen molar-refractivity contribution >= 4 is 66.7 Å². The van der Waals surface area contributed by atoms with Gasteiger partial charge in [0.25, 0.3) is 6.71 Å². The van der Waals surface area contributed by atoms with Crippen LogP contribution in [0.2, 0.25) is 0 Å². The van der Waals surface area contributed by atoms with Gasteiger partial charge in [-0.25, -0.2) is 0 Å². The molecule has 3 heteroatoms. The predicted octanol–water partition coefficient (Wildman–Crippen LogP) is 6.26.